The zero-order chi connectivity index (χ0) is 13.5. The van der Waals surface area contributed by atoms with E-state index in [1.54, 1.807) is 0 Å². The molecule has 1 aromatic heterocycles. The van der Waals surface area contributed by atoms with Crippen molar-refractivity contribution < 1.29 is 0 Å². The molecule has 0 radical (unpaired) electrons. The Kier molecular flexibility index (Phi) is 5.80. The second kappa shape index (κ2) is 7.61. The highest BCUT2D eigenvalue weighted by Crippen LogP contribution is 2.23. The van der Waals surface area contributed by atoms with Crippen molar-refractivity contribution in [2.24, 2.45) is 5.73 Å². The van der Waals surface area contributed by atoms with Gasteiger partial charge in [0.05, 0.1) is 0 Å². The van der Waals surface area contributed by atoms with Gasteiger partial charge in [0.1, 0.15) is 0 Å². The summed E-state index contributed by atoms with van der Waals surface area (Å²) in [7, 11) is 0. The molecule has 19 heavy (non-hydrogen) atoms. The summed E-state index contributed by atoms with van der Waals surface area (Å²) in [6.07, 6.45) is 9.21. The maximum Gasteiger partial charge on any atom is 0.0483 e. The topological polar surface area (TPSA) is 30.9 Å². The number of aromatic nitrogens is 1. The Bertz CT molecular complexity index is 460. The van der Waals surface area contributed by atoms with E-state index in [4.69, 9.17) is 5.73 Å². The first-order valence-corrected chi connectivity index (χ1v) is 8.52. The van der Waals surface area contributed by atoms with Gasteiger partial charge in [0.2, 0.25) is 0 Å². The Morgan fingerprint density at radius 3 is 2.79 bits per heavy atom. The van der Waals surface area contributed by atoms with Crippen LogP contribution in [0.2, 0.25) is 0 Å². The molecule has 2 rings (SSSR count). The molecule has 2 aromatic rings. The Hall–Kier alpha value is -0.930. The average molecular weight is 276 g/mol. The predicted octanol–water partition coefficient (Wildman–Crippen LogP) is 3.68. The van der Waals surface area contributed by atoms with E-state index < -0.39 is 0 Å². The fourth-order valence-corrected chi connectivity index (χ4v) is 2.96. The largest absolute Gasteiger partial charge is 0.347 e. The highest BCUT2D eigenvalue weighted by atomic mass is 32.2. The van der Waals surface area contributed by atoms with E-state index >= 15 is 0 Å². The fourth-order valence-electron chi connectivity index (χ4n) is 2.55. The molecule has 0 amide bonds. The summed E-state index contributed by atoms with van der Waals surface area (Å²) in [6, 6.07) is 8.76. The van der Waals surface area contributed by atoms with Crippen LogP contribution in [0.25, 0.3) is 10.9 Å². The molecule has 0 aliphatic carbocycles. The van der Waals surface area contributed by atoms with Gasteiger partial charge in [0.25, 0.3) is 0 Å². The molecule has 3 heteroatoms. The van der Waals surface area contributed by atoms with Crippen LogP contribution in [-0.2, 0) is 13.0 Å². The highest BCUT2D eigenvalue weighted by Gasteiger charge is 2.07. The van der Waals surface area contributed by atoms with Crippen LogP contribution < -0.4 is 5.73 Å². The first kappa shape index (κ1) is 14.5. The zero-order valence-corrected chi connectivity index (χ0v) is 12.6. The minimum absolute atomic E-state index is 0.798. The van der Waals surface area contributed by atoms with Crippen molar-refractivity contribution in [1.82, 2.24) is 4.57 Å². The lowest BCUT2D eigenvalue weighted by Gasteiger charge is -2.03. The molecule has 0 bridgehead atoms. The summed E-state index contributed by atoms with van der Waals surface area (Å²) in [5.74, 6) is 1.23. The molecule has 0 atom stereocenters. The van der Waals surface area contributed by atoms with Gasteiger partial charge in [-0.2, -0.15) is 11.8 Å². The normalized spacial score (nSPS) is 11.3. The summed E-state index contributed by atoms with van der Waals surface area (Å²) < 4.78 is 2.42. The molecule has 2 nitrogen and oxygen atoms in total. The molecular weight excluding hydrogens is 252 g/mol. The van der Waals surface area contributed by atoms with Crippen LogP contribution in [0.5, 0.6) is 0 Å². The number of rotatable bonds is 8. The average Bonchev–Trinajstić information content (AvgIpc) is 2.79. The highest BCUT2D eigenvalue weighted by molar-refractivity contribution is 7.98. The number of fused-ring (bicyclic) bond motifs is 1. The van der Waals surface area contributed by atoms with Crippen molar-refractivity contribution in [3.63, 3.8) is 0 Å². The molecule has 0 aliphatic rings. The summed E-state index contributed by atoms with van der Waals surface area (Å²) in [5, 5.41) is 1.42. The number of hydrogen-bond acceptors (Lipinski definition) is 2. The first-order chi connectivity index (χ1) is 9.36. The quantitative estimate of drug-likeness (QED) is 0.746. The SMILES string of the molecule is CSCCCn1cc(CCCCN)c2ccccc21. The van der Waals surface area contributed by atoms with Gasteiger partial charge >= 0.3 is 0 Å². The third-order valence-electron chi connectivity index (χ3n) is 3.52. The van der Waals surface area contributed by atoms with Crippen LogP contribution >= 0.6 is 11.8 Å². The number of aryl methyl sites for hydroxylation is 2. The van der Waals surface area contributed by atoms with E-state index in [0.29, 0.717) is 0 Å². The molecule has 0 aliphatic heterocycles. The molecule has 0 unspecified atom stereocenters. The van der Waals surface area contributed by atoms with Crippen LogP contribution in [0.3, 0.4) is 0 Å². The summed E-state index contributed by atoms with van der Waals surface area (Å²) in [4.78, 5) is 0. The lowest BCUT2D eigenvalue weighted by molar-refractivity contribution is 0.700. The fraction of sp³-hybridized carbons (Fsp3) is 0.500. The van der Waals surface area contributed by atoms with Gasteiger partial charge in [-0.25, -0.2) is 0 Å². The van der Waals surface area contributed by atoms with Gasteiger partial charge in [-0.3, -0.25) is 0 Å². The Balaban J connectivity index is 2.16. The van der Waals surface area contributed by atoms with E-state index in [1.165, 1.54) is 35.1 Å². The third-order valence-corrected chi connectivity index (χ3v) is 4.22. The van der Waals surface area contributed by atoms with Crippen molar-refractivity contribution in [3.8, 4) is 0 Å². The third kappa shape index (κ3) is 3.77. The number of thioether (sulfide) groups is 1. The van der Waals surface area contributed by atoms with Gasteiger partial charge < -0.3 is 10.3 Å². The van der Waals surface area contributed by atoms with Crippen LogP contribution in [-0.4, -0.2) is 23.1 Å². The standard InChI is InChI=1S/C16H24N2S/c1-19-12-6-11-18-13-14(7-4-5-10-17)15-8-2-3-9-16(15)18/h2-3,8-9,13H,4-7,10-12,17H2,1H3. The monoisotopic (exact) mass is 276 g/mol. The van der Waals surface area contributed by atoms with Crippen molar-refractivity contribution in [3.05, 3.63) is 36.0 Å². The second-order valence-corrected chi connectivity index (χ2v) is 5.94. The summed E-state index contributed by atoms with van der Waals surface area (Å²) in [6.45, 7) is 1.92. The summed E-state index contributed by atoms with van der Waals surface area (Å²) >= 11 is 1.92. The molecule has 0 saturated heterocycles. The van der Waals surface area contributed by atoms with Gasteiger partial charge in [-0.15, -0.1) is 0 Å². The lowest BCUT2D eigenvalue weighted by Crippen LogP contribution is -1.99. The number of para-hydroxylation sites is 1. The van der Waals surface area contributed by atoms with E-state index in [-0.39, 0.29) is 0 Å². The second-order valence-electron chi connectivity index (χ2n) is 4.96. The Morgan fingerprint density at radius 2 is 2.00 bits per heavy atom. The Labute approximate surface area is 120 Å². The van der Waals surface area contributed by atoms with Crippen molar-refractivity contribution >= 4 is 22.7 Å². The van der Waals surface area contributed by atoms with E-state index in [9.17, 15) is 0 Å². The van der Waals surface area contributed by atoms with Crippen molar-refractivity contribution in [2.75, 3.05) is 18.6 Å². The van der Waals surface area contributed by atoms with Crippen molar-refractivity contribution in [1.29, 1.82) is 0 Å². The molecule has 0 spiro atoms. The van der Waals surface area contributed by atoms with Gasteiger partial charge in [0, 0.05) is 23.6 Å². The molecular formula is C16H24N2S. The smallest absolute Gasteiger partial charge is 0.0483 e. The van der Waals surface area contributed by atoms with Gasteiger partial charge in [-0.05, 0) is 55.9 Å². The Morgan fingerprint density at radius 1 is 1.16 bits per heavy atom. The maximum absolute atomic E-state index is 5.58. The van der Waals surface area contributed by atoms with Crippen molar-refractivity contribution in [2.45, 2.75) is 32.2 Å². The molecule has 0 fully saturated rings. The molecule has 1 aromatic carbocycles. The zero-order valence-electron chi connectivity index (χ0n) is 11.8. The van der Waals surface area contributed by atoms with Gasteiger partial charge in [-0.1, -0.05) is 18.2 Å². The molecule has 2 N–H and O–H groups in total. The first-order valence-electron chi connectivity index (χ1n) is 7.12. The number of nitrogens with zero attached hydrogens (tertiary/aromatic N) is 1. The number of nitrogens with two attached hydrogens (primary N) is 1. The van der Waals surface area contributed by atoms with E-state index in [0.717, 1.165) is 25.9 Å². The lowest BCUT2D eigenvalue weighted by atomic mass is 10.1. The number of benzene rings is 1. The van der Waals surface area contributed by atoms with Crippen LogP contribution in [0.1, 0.15) is 24.8 Å². The van der Waals surface area contributed by atoms with Crippen LogP contribution in [0, 0.1) is 0 Å². The predicted molar refractivity (Wildman–Crippen MR) is 86.9 cm³/mol. The van der Waals surface area contributed by atoms with Gasteiger partial charge in [0.15, 0.2) is 0 Å². The number of unbranched alkanes of at least 4 members (excludes halogenated alkanes) is 1. The molecule has 1 heterocycles. The molecule has 0 saturated carbocycles. The maximum atomic E-state index is 5.58. The number of hydrogen-bond donors (Lipinski definition) is 1. The minimum atomic E-state index is 0.798. The molecule has 104 valence electrons. The van der Waals surface area contributed by atoms with E-state index in [2.05, 4.69) is 41.3 Å². The summed E-state index contributed by atoms with van der Waals surface area (Å²) in [5.41, 5.74) is 8.44. The minimum Gasteiger partial charge on any atom is -0.347 e. The van der Waals surface area contributed by atoms with E-state index in [1.807, 2.05) is 11.8 Å². The van der Waals surface area contributed by atoms with Crippen LogP contribution in [0.15, 0.2) is 30.5 Å². The van der Waals surface area contributed by atoms with Crippen LogP contribution in [0.4, 0.5) is 0 Å².